The Morgan fingerprint density at radius 3 is 2.50 bits per heavy atom. The highest BCUT2D eigenvalue weighted by Crippen LogP contribution is 2.30. The van der Waals surface area contributed by atoms with Crippen LogP contribution in [0.15, 0.2) is 18.2 Å². The Hall–Kier alpha value is -1.06. The van der Waals surface area contributed by atoms with Crippen LogP contribution in [-0.2, 0) is 0 Å². The smallest absolute Gasteiger partial charge is 0.159 e. The van der Waals surface area contributed by atoms with E-state index in [2.05, 4.69) is 23.9 Å². The zero-order valence-electron chi connectivity index (χ0n) is 12.5. The molecule has 0 N–H and O–H groups in total. The summed E-state index contributed by atoms with van der Waals surface area (Å²) in [6, 6.07) is 5.63. The van der Waals surface area contributed by atoms with Gasteiger partial charge in [0.05, 0.1) is 10.7 Å². The van der Waals surface area contributed by atoms with Gasteiger partial charge in [-0.3, -0.25) is 4.79 Å². The molecule has 0 amide bonds. The molecule has 1 saturated heterocycles. The van der Waals surface area contributed by atoms with Crippen LogP contribution >= 0.6 is 11.6 Å². The largest absolute Gasteiger partial charge is 0.370 e. The topological polar surface area (TPSA) is 23.6 Å². The van der Waals surface area contributed by atoms with E-state index in [1.807, 2.05) is 12.1 Å². The van der Waals surface area contributed by atoms with Crippen molar-refractivity contribution in [2.24, 2.45) is 5.92 Å². The fourth-order valence-corrected chi connectivity index (χ4v) is 3.16. The summed E-state index contributed by atoms with van der Waals surface area (Å²) in [5, 5.41) is 0.684. The zero-order valence-corrected chi connectivity index (χ0v) is 13.3. The van der Waals surface area contributed by atoms with E-state index in [0.29, 0.717) is 10.6 Å². The molecule has 1 aromatic carbocycles. The van der Waals surface area contributed by atoms with Gasteiger partial charge in [0.15, 0.2) is 5.78 Å². The molecule has 1 aromatic rings. The number of benzene rings is 1. The molecule has 1 aliphatic rings. The van der Waals surface area contributed by atoms with Crippen LogP contribution in [0, 0.1) is 5.92 Å². The number of Topliss-reactive ketones (excluding diaryl/α,β-unsaturated/α-hetero) is 1. The van der Waals surface area contributed by atoms with Crippen molar-refractivity contribution in [3.05, 3.63) is 28.8 Å². The summed E-state index contributed by atoms with van der Waals surface area (Å²) in [6.07, 6.45) is 2.39. The maximum absolute atomic E-state index is 11.4. The van der Waals surface area contributed by atoms with Gasteiger partial charge in [0.25, 0.3) is 0 Å². The fourth-order valence-electron chi connectivity index (χ4n) is 2.86. The molecule has 0 unspecified atom stereocenters. The number of rotatable bonds is 4. The Labute approximate surface area is 126 Å². The van der Waals surface area contributed by atoms with Crippen molar-refractivity contribution in [2.75, 3.05) is 38.6 Å². The molecular weight excluding hydrogens is 272 g/mol. The van der Waals surface area contributed by atoms with Gasteiger partial charge in [0, 0.05) is 25.2 Å². The van der Waals surface area contributed by atoms with E-state index >= 15 is 0 Å². The summed E-state index contributed by atoms with van der Waals surface area (Å²) in [7, 11) is 4.26. The highest BCUT2D eigenvalue weighted by molar-refractivity contribution is 6.33. The first-order valence-electron chi connectivity index (χ1n) is 7.17. The van der Waals surface area contributed by atoms with Crippen LogP contribution in [0.3, 0.4) is 0 Å². The van der Waals surface area contributed by atoms with Crippen LogP contribution < -0.4 is 4.90 Å². The van der Waals surface area contributed by atoms with Crippen molar-refractivity contribution in [1.29, 1.82) is 0 Å². The third kappa shape index (κ3) is 3.74. The van der Waals surface area contributed by atoms with Gasteiger partial charge in [-0.25, -0.2) is 0 Å². The summed E-state index contributed by atoms with van der Waals surface area (Å²) < 4.78 is 0. The second-order valence-corrected chi connectivity index (χ2v) is 6.32. The summed E-state index contributed by atoms with van der Waals surface area (Å²) >= 11 is 6.33. The molecule has 0 spiro atoms. The monoisotopic (exact) mass is 294 g/mol. The number of carbonyl (C=O) groups excluding carboxylic acids is 1. The van der Waals surface area contributed by atoms with Gasteiger partial charge in [-0.05, 0) is 58.0 Å². The molecular formula is C16H23ClN2O. The normalized spacial score (nSPS) is 16.8. The van der Waals surface area contributed by atoms with Gasteiger partial charge in [-0.1, -0.05) is 11.6 Å². The number of nitrogens with zero attached hydrogens (tertiary/aromatic N) is 2. The first kappa shape index (κ1) is 15.3. The first-order valence-corrected chi connectivity index (χ1v) is 7.55. The molecule has 0 radical (unpaired) electrons. The van der Waals surface area contributed by atoms with Crippen molar-refractivity contribution in [3.8, 4) is 0 Å². The van der Waals surface area contributed by atoms with Gasteiger partial charge < -0.3 is 9.80 Å². The molecule has 0 atom stereocenters. The molecule has 1 fully saturated rings. The zero-order chi connectivity index (χ0) is 14.7. The minimum absolute atomic E-state index is 0.0585. The van der Waals surface area contributed by atoms with Crippen molar-refractivity contribution >= 4 is 23.1 Å². The Morgan fingerprint density at radius 1 is 1.35 bits per heavy atom. The third-order valence-electron chi connectivity index (χ3n) is 3.93. The van der Waals surface area contributed by atoms with Gasteiger partial charge in [-0.15, -0.1) is 0 Å². The van der Waals surface area contributed by atoms with Crippen LogP contribution in [0.5, 0.6) is 0 Å². The molecule has 1 heterocycles. The molecule has 20 heavy (non-hydrogen) atoms. The molecule has 4 heteroatoms. The predicted octanol–water partition coefficient (Wildman–Crippen LogP) is 3.32. The molecule has 3 nitrogen and oxygen atoms in total. The van der Waals surface area contributed by atoms with E-state index in [-0.39, 0.29) is 5.78 Å². The lowest BCUT2D eigenvalue weighted by Crippen LogP contribution is -2.37. The lowest BCUT2D eigenvalue weighted by Gasteiger charge is -2.35. The third-order valence-corrected chi connectivity index (χ3v) is 4.24. The minimum Gasteiger partial charge on any atom is -0.370 e. The van der Waals surface area contributed by atoms with E-state index in [0.717, 1.165) is 31.2 Å². The van der Waals surface area contributed by atoms with E-state index in [4.69, 9.17) is 11.6 Å². The summed E-state index contributed by atoms with van der Waals surface area (Å²) in [5.74, 6) is 0.833. The highest BCUT2D eigenvalue weighted by Gasteiger charge is 2.21. The van der Waals surface area contributed by atoms with Crippen LogP contribution in [0.2, 0.25) is 5.02 Å². The average Bonchev–Trinajstić information content (AvgIpc) is 2.39. The van der Waals surface area contributed by atoms with Gasteiger partial charge in [-0.2, -0.15) is 0 Å². The molecule has 2 rings (SSSR count). The highest BCUT2D eigenvalue weighted by atomic mass is 35.5. The van der Waals surface area contributed by atoms with E-state index in [1.54, 1.807) is 13.0 Å². The minimum atomic E-state index is 0.0585. The maximum Gasteiger partial charge on any atom is 0.159 e. The Kier molecular flexibility index (Phi) is 5.06. The summed E-state index contributed by atoms with van der Waals surface area (Å²) in [4.78, 5) is 15.9. The Morgan fingerprint density at radius 2 is 2.00 bits per heavy atom. The first-order chi connectivity index (χ1) is 9.47. The second-order valence-electron chi connectivity index (χ2n) is 5.92. The Balaban J connectivity index is 2.02. The number of halogens is 1. The van der Waals surface area contributed by atoms with Crippen molar-refractivity contribution in [2.45, 2.75) is 19.8 Å². The van der Waals surface area contributed by atoms with Crippen LogP contribution in [0.4, 0.5) is 5.69 Å². The number of carbonyl (C=O) groups is 1. The molecule has 0 saturated carbocycles. The fraction of sp³-hybridized carbons (Fsp3) is 0.562. The van der Waals surface area contributed by atoms with Gasteiger partial charge in [0.1, 0.15) is 0 Å². The van der Waals surface area contributed by atoms with Crippen molar-refractivity contribution < 1.29 is 4.79 Å². The number of hydrogen-bond acceptors (Lipinski definition) is 3. The standard InChI is InChI=1S/C16H23ClN2O/c1-12(20)14-4-5-16(15(17)10-14)19-8-6-13(7-9-19)11-18(2)3/h4-5,10,13H,6-9,11H2,1-3H3. The maximum atomic E-state index is 11.4. The molecule has 0 bridgehead atoms. The number of anilines is 1. The van der Waals surface area contributed by atoms with Crippen LogP contribution in [0.1, 0.15) is 30.1 Å². The Bertz CT molecular complexity index is 479. The molecule has 0 aliphatic carbocycles. The average molecular weight is 295 g/mol. The number of hydrogen-bond donors (Lipinski definition) is 0. The SMILES string of the molecule is CC(=O)c1ccc(N2CCC(CN(C)C)CC2)c(Cl)c1. The molecule has 0 aromatic heterocycles. The van der Waals surface area contributed by atoms with Crippen LogP contribution in [0.25, 0.3) is 0 Å². The van der Waals surface area contributed by atoms with E-state index < -0.39 is 0 Å². The molecule has 110 valence electrons. The van der Waals surface area contributed by atoms with Gasteiger partial charge in [0.2, 0.25) is 0 Å². The lowest BCUT2D eigenvalue weighted by molar-refractivity contribution is 0.101. The summed E-state index contributed by atoms with van der Waals surface area (Å²) in [6.45, 7) is 4.80. The number of ketones is 1. The lowest BCUT2D eigenvalue weighted by atomic mass is 9.96. The van der Waals surface area contributed by atoms with Crippen molar-refractivity contribution in [3.63, 3.8) is 0 Å². The quantitative estimate of drug-likeness (QED) is 0.796. The van der Waals surface area contributed by atoms with Gasteiger partial charge >= 0.3 is 0 Å². The van der Waals surface area contributed by atoms with Crippen LogP contribution in [-0.4, -0.2) is 44.4 Å². The number of piperidine rings is 1. The van der Waals surface area contributed by atoms with E-state index in [1.165, 1.54) is 12.8 Å². The molecule has 1 aliphatic heterocycles. The van der Waals surface area contributed by atoms with Crippen molar-refractivity contribution in [1.82, 2.24) is 4.90 Å². The second kappa shape index (κ2) is 6.59. The summed E-state index contributed by atoms with van der Waals surface area (Å²) in [5.41, 5.74) is 1.74. The van der Waals surface area contributed by atoms with E-state index in [9.17, 15) is 4.79 Å². The predicted molar refractivity (Wildman–Crippen MR) is 84.9 cm³/mol.